The normalized spacial score (nSPS) is 26.9. The van der Waals surface area contributed by atoms with Crippen LogP contribution in [0.1, 0.15) is 24.8 Å². The van der Waals surface area contributed by atoms with Gasteiger partial charge in [0.05, 0.1) is 18.1 Å². The van der Waals surface area contributed by atoms with Crippen LogP contribution in [0.2, 0.25) is 0 Å². The number of nitrogens with one attached hydrogen (secondary N) is 2. The third-order valence-corrected chi connectivity index (χ3v) is 7.11. The Bertz CT molecular complexity index is 1010. The zero-order chi connectivity index (χ0) is 21.7. The van der Waals surface area contributed by atoms with E-state index in [0.29, 0.717) is 19.3 Å². The lowest BCUT2D eigenvalue weighted by atomic mass is 9.82. The van der Waals surface area contributed by atoms with E-state index in [1.54, 1.807) is 0 Å². The molecule has 2 unspecified atom stereocenters. The molecule has 2 saturated heterocycles. The quantitative estimate of drug-likeness (QED) is 0.575. The number of imide groups is 1. The molecule has 3 amide bonds. The van der Waals surface area contributed by atoms with Crippen molar-refractivity contribution in [3.05, 3.63) is 23.3 Å². The van der Waals surface area contributed by atoms with Gasteiger partial charge in [-0.3, -0.25) is 10.1 Å². The molecule has 12 heteroatoms. The Kier molecular flexibility index (Phi) is 5.19. The molecule has 0 radical (unpaired) electrons. The summed E-state index contributed by atoms with van der Waals surface area (Å²) in [5.74, 6) is -3.15. The van der Waals surface area contributed by atoms with Gasteiger partial charge in [-0.05, 0) is 31.2 Å². The van der Waals surface area contributed by atoms with Gasteiger partial charge in [0, 0.05) is 18.7 Å². The monoisotopic (exact) mass is 444 g/mol. The molecule has 164 valence electrons. The molecule has 2 heterocycles. The van der Waals surface area contributed by atoms with Gasteiger partial charge in [0.25, 0.3) is 5.91 Å². The number of primary sulfonamides is 1. The number of sulfonamides is 1. The van der Waals surface area contributed by atoms with Gasteiger partial charge in [-0.25, -0.2) is 27.1 Å². The van der Waals surface area contributed by atoms with Crippen LogP contribution in [0.25, 0.3) is 0 Å². The summed E-state index contributed by atoms with van der Waals surface area (Å²) in [6, 6.07) is 0.0835. The minimum atomic E-state index is -4.44. The van der Waals surface area contributed by atoms with Crippen LogP contribution in [0.15, 0.2) is 11.0 Å². The minimum Gasteiger partial charge on any atom is -0.378 e. The summed E-state index contributed by atoms with van der Waals surface area (Å²) < 4.78 is 59.8. The van der Waals surface area contributed by atoms with E-state index in [0.717, 1.165) is 6.07 Å². The Balaban J connectivity index is 1.79. The number of halogens is 2. The van der Waals surface area contributed by atoms with Gasteiger partial charge in [0.15, 0.2) is 11.6 Å². The molecule has 30 heavy (non-hydrogen) atoms. The highest BCUT2D eigenvalue weighted by molar-refractivity contribution is 7.89. The topological polar surface area (TPSA) is 131 Å². The molecule has 1 spiro atoms. The number of hydrogen-bond acceptors (Lipinski definition) is 6. The number of carbonyl (C=O) groups is 2. The molecule has 1 aliphatic carbocycles. The first-order valence-corrected chi connectivity index (χ1v) is 11.2. The molecule has 4 rings (SSSR count). The Morgan fingerprint density at radius 1 is 1.27 bits per heavy atom. The predicted octanol–water partition coefficient (Wildman–Crippen LogP) is 0.370. The second-order valence-electron chi connectivity index (χ2n) is 7.81. The Labute approximate surface area is 172 Å². The van der Waals surface area contributed by atoms with E-state index in [1.165, 1.54) is 4.90 Å². The molecule has 4 N–H and O–H groups in total. The zero-order valence-corrected chi connectivity index (χ0v) is 16.9. The van der Waals surface area contributed by atoms with E-state index < -0.39 is 49.9 Å². The predicted molar refractivity (Wildman–Crippen MR) is 101 cm³/mol. The van der Waals surface area contributed by atoms with Gasteiger partial charge in [-0.2, -0.15) is 0 Å². The Morgan fingerprint density at radius 2 is 1.97 bits per heavy atom. The average molecular weight is 444 g/mol. The largest absolute Gasteiger partial charge is 0.378 e. The number of anilines is 1. The fourth-order valence-corrected chi connectivity index (χ4v) is 5.50. The van der Waals surface area contributed by atoms with Crippen molar-refractivity contribution in [2.45, 2.75) is 36.1 Å². The number of nitrogens with zero attached hydrogens (tertiary/aromatic N) is 1. The van der Waals surface area contributed by atoms with Gasteiger partial charge < -0.3 is 15.0 Å². The van der Waals surface area contributed by atoms with Gasteiger partial charge in [0.1, 0.15) is 11.2 Å². The second-order valence-corrected chi connectivity index (χ2v) is 9.34. The number of nitrogens with two attached hydrogens (primary N) is 1. The minimum absolute atomic E-state index is 0.192. The fourth-order valence-electron chi connectivity index (χ4n) is 4.72. The number of hydrogen-bond donors (Lipinski definition) is 3. The van der Waals surface area contributed by atoms with Crippen LogP contribution in [0.3, 0.4) is 0 Å². The van der Waals surface area contributed by atoms with Crippen LogP contribution >= 0.6 is 0 Å². The maximum atomic E-state index is 15.6. The summed E-state index contributed by atoms with van der Waals surface area (Å²) >= 11 is 0. The van der Waals surface area contributed by atoms with Crippen molar-refractivity contribution in [2.24, 2.45) is 11.1 Å². The number of carbonyl (C=O) groups excluding carboxylic acids is 2. The maximum Gasteiger partial charge on any atom is 0.322 e. The number of rotatable bonds is 4. The molecule has 0 aromatic heterocycles. The lowest BCUT2D eigenvalue weighted by Gasteiger charge is -2.32. The third kappa shape index (κ3) is 3.42. The van der Waals surface area contributed by atoms with Crippen molar-refractivity contribution in [1.82, 2.24) is 10.6 Å². The molecule has 2 atom stereocenters. The molecule has 0 bridgehead atoms. The van der Waals surface area contributed by atoms with Crippen molar-refractivity contribution in [1.29, 1.82) is 0 Å². The average Bonchev–Trinajstić information content (AvgIpc) is 3.20. The van der Waals surface area contributed by atoms with Gasteiger partial charge in [-0.15, -0.1) is 0 Å². The van der Waals surface area contributed by atoms with Crippen LogP contribution in [-0.4, -0.2) is 52.2 Å². The maximum absolute atomic E-state index is 15.6. The van der Waals surface area contributed by atoms with Crippen molar-refractivity contribution in [2.75, 3.05) is 31.2 Å². The Hall–Kier alpha value is -2.31. The highest BCUT2D eigenvalue weighted by Crippen LogP contribution is 2.42. The van der Waals surface area contributed by atoms with E-state index >= 15 is 4.39 Å². The first-order chi connectivity index (χ1) is 14.1. The molecule has 3 aliphatic rings. The molecular formula is C18H22F2N4O5S. The summed E-state index contributed by atoms with van der Waals surface area (Å²) in [6.07, 6.45) is 1.20. The van der Waals surface area contributed by atoms with E-state index in [2.05, 4.69) is 10.6 Å². The molecular weight excluding hydrogens is 422 g/mol. The SMILES string of the molecule is NS(=O)(=O)c1cc(F)c(N2CCOCC2)c(F)c1CC1CCCC12NC(=O)NC2=O. The van der Waals surface area contributed by atoms with Crippen molar-refractivity contribution in [3.63, 3.8) is 0 Å². The van der Waals surface area contributed by atoms with Crippen molar-refractivity contribution < 1.29 is 31.5 Å². The summed E-state index contributed by atoms with van der Waals surface area (Å²) in [4.78, 5) is 24.9. The highest BCUT2D eigenvalue weighted by Gasteiger charge is 2.54. The van der Waals surface area contributed by atoms with Crippen LogP contribution in [0.4, 0.5) is 19.3 Å². The van der Waals surface area contributed by atoms with Crippen LogP contribution < -0.4 is 20.7 Å². The van der Waals surface area contributed by atoms with E-state index in [1.807, 2.05) is 0 Å². The summed E-state index contributed by atoms with van der Waals surface area (Å²) in [7, 11) is -4.44. The first-order valence-electron chi connectivity index (χ1n) is 9.63. The fraction of sp³-hybridized carbons (Fsp3) is 0.556. The lowest BCUT2D eigenvalue weighted by Crippen LogP contribution is -2.50. The summed E-state index contributed by atoms with van der Waals surface area (Å²) in [6.45, 7) is 1.05. The lowest BCUT2D eigenvalue weighted by molar-refractivity contribution is -0.125. The Morgan fingerprint density at radius 3 is 2.57 bits per heavy atom. The zero-order valence-electron chi connectivity index (χ0n) is 16.0. The van der Waals surface area contributed by atoms with Gasteiger partial charge >= 0.3 is 6.03 Å². The molecule has 2 aliphatic heterocycles. The number of morpholine rings is 1. The standard InChI is InChI=1S/C18H22F2N4O5S/c19-12-9-13(30(21,27)28)11(14(20)15(12)24-4-6-29-7-5-24)8-10-2-1-3-18(10)16(25)22-17(26)23-18/h9-10H,1-8H2,(H2,21,27,28)(H2,22,23,25,26). The van der Waals surface area contributed by atoms with Gasteiger partial charge in [0.2, 0.25) is 10.0 Å². The third-order valence-electron chi connectivity index (χ3n) is 6.13. The van der Waals surface area contributed by atoms with E-state index in [-0.39, 0.29) is 44.0 Å². The van der Waals surface area contributed by atoms with Crippen LogP contribution in [0, 0.1) is 17.6 Å². The number of ether oxygens (including phenoxy) is 1. The molecule has 3 fully saturated rings. The summed E-state index contributed by atoms with van der Waals surface area (Å²) in [5, 5.41) is 10.1. The van der Waals surface area contributed by atoms with Gasteiger partial charge in [-0.1, -0.05) is 6.42 Å². The van der Waals surface area contributed by atoms with Crippen molar-refractivity contribution >= 4 is 27.6 Å². The first kappa shape index (κ1) is 20.9. The second kappa shape index (κ2) is 7.43. The van der Waals surface area contributed by atoms with Crippen LogP contribution in [-0.2, 0) is 26.0 Å². The smallest absolute Gasteiger partial charge is 0.322 e. The highest BCUT2D eigenvalue weighted by atomic mass is 32.2. The number of amides is 3. The number of urea groups is 1. The molecule has 1 aromatic rings. The number of benzene rings is 1. The molecule has 1 saturated carbocycles. The molecule has 9 nitrogen and oxygen atoms in total. The molecule has 1 aromatic carbocycles. The van der Waals surface area contributed by atoms with Crippen molar-refractivity contribution in [3.8, 4) is 0 Å². The van der Waals surface area contributed by atoms with E-state index in [4.69, 9.17) is 9.88 Å². The van der Waals surface area contributed by atoms with Crippen LogP contribution in [0.5, 0.6) is 0 Å². The van der Waals surface area contributed by atoms with E-state index in [9.17, 15) is 22.4 Å². The summed E-state index contributed by atoms with van der Waals surface area (Å²) in [5.41, 5.74) is -1.86.